The van der Waals surface area contributed by atoms with Crippen LogP contribution >= 0.6 is 11.3 Å². The highest BCUT2D eigenvalue weighted by Gasteiger charge is 2.25. The van der Waals surface area contributed by atoms with Crippen molar-refractivity contribution in [3.05, 3.63) is 29.3 Å². The summed E-state index contributed by atoms with van der Waals surface area (Å²) >= 11 is 1.50. The second kappa shape index (κ2) is 6.99. The van der Waals surface area contributed by atoms with Crippen LogP contribution in [-0.4, -0.2) is 48.5 Å². The van der Waals surface area contributed by atoms with Gasteiger partial charge >= 0.3 is 0 Å². The van der Waals surface area contributed by atoms with Gasteiger partial charge in [0.1, 0.15) is 5.01 Å². The van der Waals surface area contributed by atoms with Gasteiger partial charge in [0.25, 0.3) is 0 Å². The summed E-state index contributed by atoms with van der Waals surface area (Å²) in [6.07, 6.45) is -0.158. The highest BCUT2D eigenvalue weighted by molar-refractivity contribution is 7.13. The maximum absolute atomic E-state index is 12.1. The second-order valence-corrected chi connectivity index (χ2v) is 7.04. The molecule has 1 amide bonds. The predicted molar refractivity (Wildman–Crippen MR) is 92.8 cm³/mol. The summed E-state index contributed by atoms with van der Waals surface area (Å²) in [6.45, 7) is 2.04. The smallest absolute Gasteiger partial charge is 0.231 e. The molecule has 2 aliphatic rings. The maximum atomic E-state index is 12.1. The number of fused-ring (bicyclic) bond motifs is 1. The van der Waals surface area contributed by atoms with Crippen molar-refractivity contribution in [2.75, 3.05) is 26.4 Å². The number of aromatic nitrogens is 1. The van der Waals surface area contributed by atoms with E-state index in [-0.39, 0.29) is 25.0 Å². The fourth-order valence-electron chi connectivity index (χ4n) is 2.95. The molecule has 0 aliphatic carbocycles. The molecule has 2 aromatic rings. The Bertz CT molecular complexity index is 779. The summed E-state index contributed by atoms with van der Waals surface area (Å²) < 4.78 is 10.7. The molecule has 0 saturated carbocycles. The van der Waals surface area contributed by atoms with Crippen LogP contribution in [0.2, 0.25) is 0 Å². The summed E-state index contributed by atoms with van der Waals surface area (Å²) in [5.74, 6) is 1.45. The first-order chi connectivity index (χ1) is 12.2. The van der Waals surface area contributed by atoms with Gasteiger partial charge in [0.05, 0.1) is 18.2 Å². The van der Waals surface area contributed by atoms with Crippen molar-refractivity contribution in [3.63, 3.8) is 0 Å². The van der Waals surface area contributed by atoms with Crippen molar-refractivity contribution in [1.29, 1.82) is 0 Å². The van der Waals surface area contributed by atoms with Crippen molar-refractivity contribution in [2.45, 2.75) is 12.5 Å². The lowest BCUT2D eigenvalue weighted by molar-refractivity contribution is -0.120. The van der Waals surface area contributed by atoms with E-state index in [1.807, 2.05) is 23.6 Å². The summed E-state index contributed by atoms with van der Waals surface area (Å²) in [4.78, 5) is 16.6. The quantitative estimate of drug-likeness (QED) is 0.729. The number of amides is 1. The molecule has 2 atom stereocenters. The van der Waals surface area contributed by atoms with Crippen molar-refractivity contribution in [1.82, 2.24) is 15.6 Å². The van der Waals surface area contributed by atoms with Crippen LogP contribution in [-0.2, 0) is 11.2 Å². The van der Waals surface area contributed by atoms with Crippen LogP contribution < -0.4 is 20.1 Å². The highest BCUT2D eigenvalue weighted by atomic mass is 32.1. The van der Waals surface area contributed by atoms with Crippen LogP contribution in [0.15, 0.2) is 23.6 Å². The average molecular weight is 361 g/mol. The molecule has 0 radical (unpaired) electrons. The molecule has 0 bridgehead atoms. The van der Waals surface area contributed by atoms with Gasteiger partial charge in [0.15, 0.2) is 11.5 Å². The molecule has 2 unspecified atom stereocenters. The third-order valence-electron chi connectivity index (χ3n) is 4.38. The summed E-state index contributed by atoms with van der Waals surface area (Å²) in [6, 6.07) is 5.70. The Kier molecular flexibility index (Phi) is 4.56. The highest BCUT2D eigenvalue weighted by Crippen LogP contribution is 2.36. The van der Waals surface area contributed by atoms with Crippen LogP contribution in [0.5, 0.6) is 11.5 Å². The van der Waals surface area contributed by atoms with Gasteiger partial charge in [-0.15, -0.1) is 11.3 Å². The number of rotatable bonds is 5. The van der Waals surface area contributed by atoms with Crippen LogP contribution in [0.4, 0.5) is 0 Å². The Hall–Kier alpha value is -2.16. The Morgan fingerprint density at radius 1 is 1.36 bits per heavy atom. The maximum Gasteiger partial charge on any atom is 0.231 e. The zero-order valence-electron chi connectivity index (χ0n) is 13.5. The van der Waals surface area contributed by atoms with Crippen molar-refractivity contribution < 1.29 is 19.4 Å². The van der Waals surface area contributed by atoms with E-state index in [9.17, 15) is 9.90 Å². The fourth-order valence-corrected chi connectivity index (χ4v) is 3.77. The summed E-state index contributed by atoms with van der Waals surface area (Å²) in [5.41, 5.74) is 1.68. The molecule has 1 aromatic carbocycles. The van der Waals surface area contributed by atoms with E-state index in [0.717, 1.165) is 34.3 Å². The van der Waals surface area contributed by atoms with E-state index in [0.29, 0.717) is 13.1 Å². The molecule has 1 fully saturated rings. The SMILES string of the molecule is O=C(Cc1csc(-c2ccc3c(c2)OCO3)n1)NCC1CNCC1O. The van der Waals surface area contributed by atoms with Crippen molar-refractivity contribution >= 4 is 17.2 Å². The Morgan fingerprint density at radius 2 is 2.24 bits per heavy atom. The number of nitrogens with zero attached hydrogens (tertiary/aromatic N) is 1. The normalized spacial score (nSPS) is 21.5. The van der Waals surface area contributed by atoms with Gasteiger partial charge < -0.3 is 25.2 Å². The van der Waals surface area contributed by atoms with Gasteiger partial charge in [-0.1, -0.05) is 0 Å². The minimum absolute atomic E-state index is 0.0728. The number of carbonyl (C=O) groups is 1. The van der Waals surface area contributed by atoms with Crippen LogP contribution in [0.25, 0.3) is 10.6 Å². The molecular formula is C17H19N3O4S. The minimum atomic E-state index is -0.391. The van der Waals surface area contributed by atoms with Gasteiger partial charge in [-0.05, 0) is 18.2 Å². The fraction of sp³-hybridized carbons (Fsp3) is 0.412. The van der Waals surface area contributed by atoms with Gasteiger partial charge in [-0.25, -0.2) is 4.98 Å². The lowest BCUT2D eigenvalue weighted by atomic mass is 10.1. The predicted octanol–water partition coefficient (Wildman–Crippen LogP) is 0.778. The zero-order valence-corrected chi connectivity index (χ0v) is 14.3. The monoisotopic (exact) mass is 361 g/mol. The third kappa shape index (κ3) is 3.60. The van der Waals surface area contributed by atoms with E-state index >= 15 is 0 Å². The van der Waals surface area contributed by atoms with Crippen LogP contribution in [0.1, 0.15) is 5.69 Å². The number of carbonyl (C=O) groups excluding carboxylic acids is 1. The second-order valence-electron chi connectivity index (χ2n) is 6.18. The van der Waals surface area contributed by atoms with Crippen LogP contribution in [0, 0.1) is 5.92 Å². The van der Waals surface area contributed by atoms with E-state index in [1.165, 1.54) is 11.3 Å². The van der Waals surface area contributed by atoms with Gasteiger partial charge in [-0.2, -0.15) is 0 Å². The number of aliphatic hydroxyl groups excluding tert-OH is 1. The first-order valence-electron chi connectivity index (χ1n) is 8.19. The number of benzene rings is 1. The largest absolute Gasteiger partial charge is 0.454 e. The first-order valence-corrected chi connectivity index (χ1v) is 9.07. The van der Waals surface area contributed by atoms with Crippen molar-refractivity contribution in [2.24, 2.45) is 5.92 Å². The molecule has 7 nitrogen and oxygen atoms in total. The number of aliphatic hydroxyl groups is 1. The Balaban J connectivity index is 1.35. The van der Waals surface area contributed by atoms with Gasteiger partial charge in [0, 0.05) is 36.5 Å². The molecule has 4 rings (SSSR count). The zero-order chi connectivity index (χ0) is 17.2. The lowest BCUT2D eigenvalue weighted by Gasteiger charge is -2.13. The molecular weight excluding hydrogens is 342 g/mol. The summed E-state index contributed by atoms with van der Waals surface area (Å²) in [7, 11) is 0. The number of thiazole rings is 1. The molecule has 2 aliphatic heterocycles. The average Bonchev–Trinajstić information content (AvgIpc) is 3.33. The van der Waals surface area contributed by atoms with Crippen molar-refractivity contribution in [3.8, 4) is 22.1 Å². The summed E-state index contributed by atoms with van der Waals surface area (Å²) in [5, 5.41) is 18.5. The topological polar surface area (TPSA) is 92.7 Å². The van der Waals surface area contributed by atoms with E-state index in [1.54, 1.807) is 0 Å². The molecule has 25 heavy (non-hydrogen) atoms. The Labute approximate surface area is 149 Å². The molecule has 0 spiro atoms. The van der Waals surface area contributed by atoms with E-state index in [2.05, 4.69) is 15.6 Å². The van der Waals surface area contributed by atoms with Gasteiger partial charge in [0.2, 0.25) is 12.7 Å². The molecule has 3 heterocycles. The molecule has 8 heteroatoms. The van der Waals surface area contributed by atoms with E-state index < -0.39 is 6.10 Å². The minimum Gasteiger partial charge on any atom is -0.454 e. The van der Waals surface area contributed by atoms with Crippen LogP contribution in [0.3, 0.4) is 0 Å². The number of ether oxygens (including phenoxy) is 2. The number of hydrogen-bond donors (Lipinski definition) is 3. The number of hydrogen-bond acceptors (Lipinski definition) is 7. The van der Waals surface area contributed by atoms with E-state index in [4.69, 9.17) is 9.47 Å². The lowest BCUT2D eigenvalue weighted by Crippen LogP contribution is -2.35. The molecule has 3 N–H and O–H groups in total. The molecule has 1 saturated heterocycles. The standard InChI is InChI=1S/C17H19N3O4S/c21-13-7-18-5-11(13)6-19-16(22)4-12-8-25-17(20-12)10-1-2-14-15(3-10)24-9-23-14/h1-3,8,11,13,18,21H,4-7,9H2,(H,19,22). The molecule has 1 aromatic heterocycles. The number of β-amino-alcohol motifs (C(OH)–C–C–N with tert-alkyl or cyclic N) is 1. The van der Waals surface area contributed by atoms with Gasteiger partial charge in [-0.3, -0.25) is 4.79 Å². The third-order valence-corrected chi connectivity index (χ3v) is 5.32. The Morgan fingerprint density at radius 3 is 3.08 bits per heavy atom. The number of nitrogens with one attached hydrogen (secondary N) is 2. The first kappa shape index (κ1) is 16.3. The molecule has 132 valence electrons.